The molecule has 1 nitrogen and oxygen atoms in total. The average Bonchev–Trinajstić information content (AvgIpc) is 2.03. The molecule has 1 rings (SSSR count). The Labute approximate surface area is 67.8 Å². The van der Waals surface area contributed by atoms with Crippen molar-refractivity contribution in [2.45, 2.75) is 6.18 Å². The van der Waals surface area contributed by atoms with E-state index in [1.54, 1.807) is 0 Å². The minimum Gasteiger partial charge on any atom is -0.496 e. The van der Waals surface area contributed by atoms with Gasteiger partial charge in [0.25, 0.3) is 0 Å². The van der Waals surface area contributed by atoms with Gasteiger partial charge in [-0.05, 0) is 12.1 Å². The summed E-state index contributed by atoms with van der Waals surface area (Å²) in [6, 6.07) is 5.97. The number of halogens is 3. The number of hydrogen-bond acceptors (Lipinski definition) is 1. The third kappa shape index (κ3) is 1.69. The molecule has 0 unspecified atom stereocenters. The Balaban J connectivity index is 3.14. The summed E-state index contributed by atoms with van der Waals surface area (Å²) in [5, 5.41) is 0. The Morgan fingerprint density at radius 1 is 1.42 bits per heavy atom. The predicted octanol–water partition coefficient (Wildman–Crippen LogP) is 2.51. The van der Waals surface area contributed by atoms with Crippen LogP contribution in [0, 0.1) is 6.07 Å². The summed E-state index contributed by atoms with van der Waals surface area (Å²) in [5.74, 6) is -0.204. The van der Waals surface area contributed by atoms with Gasteiger partial charge in [-0.2, -0.15) is 13.2 Å². The highest BCUT2D eigenvalue weighted by molar-refractivity contribution is 5.34. The number of ether oxygens (including phenoxy) is 1. The molecule has 0 fully saturated rings. The van der Waals surface area contributed by atoms with E-state index in [0.717, 1.165) is 0 Å². The second-order valence-electron chi connectivity index (χ2n) is 2.11. The van der Waals surface area contributed by atoms with Gasteiger partial charge in [0, 0.05) is 0 Å². The van der Waals surface area contributed by atoms with Crippen LogP contribution in [0.1, 0.15) is 5.56 Å². The Hall–Kier alpha value is -1.19. The van der Waals surface area contributed by atoms with Crippen molar-refractivity contribution in [3.8, 4) is 5.75 Å². The first-order valence-corrected chi connectivity index (χ1v) is 3.17. The number of methoxy groups -OCH3 is 1. The van der Waals surface area contributed by atoms with Gasteiger partial charge >= 0.3 is 6.18 Å². The lowest BCUT2D eigenvalue weighted by Gasteiger charge is -2.09. The molecule has 1 aromatic carbocycles. The van der Waals surface area contributed by atoms with Crippen molar-refractivity contribution in [1.82, 2.24) is 0 Å². The minimum atomic E-state index is -4.40. The highest BCUT2D eigenvalue weighted by Gasteiger charge is 2.33. The smallest absolute Gasteiger partial charge is 0.420 e. The lowest BCUT2D eigenvalue weighted by molar-refractivity contribution is -0.139. The monoisotopic (exact) mass is 175 g/mol. The summed E-state index contributed by atoms with van der Waals surface area (Å²) in [7, 11) is 1.19. The molecule has 0 atom stereocenters. The maximum atomic E-state index is 12.1. The molecule has 0 aliphatic carbocycles. The molecule has 0 heterocycles. The van der Waals surface area contributed by atoms with Crippen LogP contribution in [0.5, 0.6) is 5.75 Å². The van der Waals surface area contributed by atoms with E-state index in [9.17, 15) is 13.2 Å². The number of benzene rings is 1. The van der Waals surface area contributed by atoms with Crippen LogP contribution in [-0.4, -0.2) is 7.11 Å². The van der Waals surface area contributed by atoms with Crippen molar-refractivity contribution in [3.63, 3.8) is 0 Å². The maximum absolute atomic E-state index is 12.1. The number of alkyl halides is 3. The van der Waals surface area contributed by atoms with Crippen molar-refractivity contribution in [3.05, 3.63) is 29.8 Å². The van der Waals surface area contributed by atoms with Gasteiger partial charge in [0.1, 0.15) is 11.3 Å². The molecule has 0 saturated heterocycles. The van der Waals surface area contributed by atoms with Crippen LogP contribution in [0.2, 0.25) is 0 Å². The highest BCUT2D eigenvalue weighted by Crippen LogP contribution is 2.35. The topological polar surface area (TPSA) is 9.23 Å². The van der Waals surface area contributed by atoms with Crippen LogP contribution in [0.25, 0.3) is 0 Å². The van der Waals surface area contributed by atoms with Crippen LogP contribution in [0.3, 0.4) is 0 Å². The Bertz CT molecular complexity index is 267. The normalized spacial score (nSPS) is 11.3. The summed E-state index contributed by atoms with van der Waals surface area (Å²) >= 11 is 0. The molecule has 0 aliphatic rings. The van der Waals surface area contributed by atoms with Gasteiger partial charge in [-0.1, -0.05) is 12.1 Å². The zero-order chi connectivity index (χ0) is 9.19. The largest absolute Gasteiger partial charge is 0.496 e. The van der Waals surface area contributed by atoms with Crippen LogP contribution in [0.15, 0.2) is 18.2 Å². The standard InChI is InChI=1S/C8H6F3O/c1-12-7-5-3-2-4-6(7)8(9,10)11/h2-3,5H,1H3. The Morgan fingerprint density at radius 3 is 2.50 bits per heavy atom. The Morgan fingerprint density at radius 2 is 2.08 bits per heavy atom. The second kappa shape index (κ2) is 3.05. The van der Waals surface area contributed by atoms with Crippen LogP contribution in [-0.2, 0) is 6.18 Å². The van der Waals surface area contributed by atoms with Crippen LogP contribution >= 0.6 is 0 Å². The molecule has 1 radical (unpaired) electrons. The van der Waals surface area contributed by atoms with Gasteiger partial charge in [-0.25, -0.2) is 0 Å². The van der Waals surface area contributed by atoms with E-state index in [-0.39, 0.29) is 5.75 Å². The summed E-state index contributed by atoms with van der Waals surface area (Å²) in [5.41, 5.74) is -0.868. The van der Waals surface area contributed by atoms with Crippen molar-refractivity contribution in [2.24, 2.45) is 0 Å². The molecule has 1 aromatic rings. The van der Waals surface area contributed by atoms with E-state index in [0.29, 0.717) is 0 Å². The van der Waals surface area contributed by atoms with Gasteiger partial charge in [-0.3, -0.25) is 0 Å². The van der Waals surface area contributed by atoms with Crippen molar-refractivity contribution in [2.75, 3.05) is 7.11 Å². The fraction of sp³-hybridized carbons (Fsp3) is 0.250. The van der Waals surface area contributed by atoms with Crippen LogP contribution in [0.4, 0.5) is 13.2 Å². The molecule has 0 aromatic heterocycles. The third-order valence-corrected chi connectivity index (χ3v) is 1.32. The van der Waals surface area contributed by atoms with Crippen molar-refractivity contribution in [1.29, 1.82) is 0 Å². The van der Waals surface area contributed by atoms with E-state index in [1.807, 2.05) is 0 Å². The highest BCUT2D eigenvalue weighted by atomic mass is 19.4. The minimum absolute atomic E-state index is 0.204. The van der Waals surface area contributed by atoms with Crippen LogP contribution < -0.4 is 4.74 Å². The van der Waals surface area contributed by atoms with E-state index < -0.39 is 11.7 Å². The zero-order valence-electron chi connectivity index (χ0n) is 6.27. The van der Waals surface area contributed by atoms with E-state index in [1.165, 1.54) is 25.3 Å². The molecular weight excluding hydrogens is 169 g/mol. The Kier molecular flexibility index (Phi) is 2.26. The molecule has 0 bridgehead atoms. The fourth-order valence-electron chi connectivity index (χ4n) is 0.813. The van der Waals surface area contributed by atoms with E-state index in [2.05, 4.69) is 10.8 Å². The summed E-state index contributed by atoms with van der Waals surface area (Å²) in [6.45, 7) is 0. The number of hydrogen-bond donors (Lipinski definition) is 0. The average molecular weight is 175 g/mol. The maximum Gasteiger partial charge on any atom is 0.420 e. The first kappa shape index (κ1) is 8.90. The predicted molar refractivity (Wildman–Crippen MR) is 36.8 cm³/mol. The molecular formula is C8H6F3O. The van der Waals surface area contributed by atoms with Crippen molar-refractivity contribution < 1.29 is 17.9 Å². The second-order valence-corrected chi connectivity index (χ2v) is 2.11. The lowest BCUT2D eigenvalue weighted by atomic mass is 10.2. The third-order valence-electron chi connectivity index (χ3n) is 1.32. The van der Waals surface area contributed by atoms with E-state index in [4.69, 9.17) is 0 Å². The molecule has 0 N–H and O–H groups in total. The van der Waals surface area contributed by atoms with Gasteiger partial charge in [-0.15, -0.1) is 0 Å². The quantitative estimate of drug-likeness (QED) is 0.637. The molecule has 0 amide bonds. The van der Waals surface area contributed by atoms with Crippen molar-refractivity contribution >= 4 is 0 Å². The SMILES string of the molecule is COc1ccc[c]c1C(F)(F)F. The van der Waals surface area contributed by atoms with Gasteiger partial charge in [0.05, 0.1) is 7.11 Å². The van der Waals surface area contributed by atoms with Gasteiger partial charge < -0.3 is 4.74 Å². The first-order valence-electron chi connectivity index (χ1n) is 3.17. The summed E-state index contributed by atoms with van der Waals surface area (Å²) in [6.07, 6.45) is -4.40. The molecule has 0 aliphatic heterocycles. The first-order chi connectivity index (χ1) is 5.55. The van der Waals surface area contributed by atoms with Gasteiger partial charge in [0.2, 0.25) is 0 Å². The molecule has 12 heavy (non-hydrogen) atoms. The molecule has 0 spiro atoms. The fourth-order valence-corrected chi connectivity index (χ4v) is 0.813. The zero-order valence-corrected chi connectivity index (χ0v) is 6.27. The van der Waals surface area contributed by atoms with Gasteiger partial charge in [0.15, 0.2) is 0 Å². The lowest BCUT2D eigenvalue weighted by Crippen LogP contribution is -2.07. The summed E-state index contributed by atoms with van der Waals surface area (Å²) < 4.78 is 40.9. The van der Waals surface area contributed by atoms with E-state index >= 15 is 0 Å². The number of rotatable bonds is 1. The molecule has 65 valence electrons. The molecule has 0 saturated carbocycles. The molecule has 4 heteroatoms. The summed E-state index contributed by atoms with van der Waals surface area (Å²) in [4.78, 5) is 0.